The fourth-order valence-corrected chi connectivity index (χ4v) is 6.72. The zero-order valence-electron chi connectivity index (χ0n) is 24.5. The third-order valence-corrected chi connectivity index (χ3v) is 9.22. The molecule has 44 heavy (non-hydrogen) atoms. The molecule has 0 spiro atoms. The second kappa shape index (κ2) is 11.1. The van der Waals surface area contributed by atoms with Crippen LogP contribution >= 0.6 is 11.6 Å². The van der Waals surface area contributed by atoms with Crippen LogP contribution in [0.4, 0.5) is 13.2 Å². The molecule has 2 aliphatic heterocycles. The molecule has 11 heteroatoms. The highest BCUT2D eigenvalue weighted by molar-refractivity contribution is 6.31. The summed E-state index contributed by atoms with van der Waals surface area (Å²) in [6, 6.07) is 13.9. The van der Waals surface area contributed by atoms with Crippen molar-refractivity contribution in [3.63, 3.8) is 0 Å². The fourth-order valence-electron chi connectivity index (χ4n) is 6.31. The van der Waals surface area contributed by atoms with Crippen LogP contribution in [-0.2, 0) is 24.9 Å². The third-order valence-electron chi connectivity index (χ3n) is 8.90. The lowest BCUT2D eigenvalue weighted by molar-refractivity contribution is -0.144. The predicted octanol–water partition coefficient (Wildman–Crippen LogP) is 7.82. The predicted molar refractivity (Wildman–Crippen MR) is 160 cm³/mol. The number of aryl methyl sites for hydroxylation is 1. The van der Waals surface area contributed by atoms with Crippen LogP contribution in [-0.4, -0.2) is 38.2 Å². The van der Waals surface area contributed by atoms with Gasteiger partial charge in [-0.15, -0.1) is 0 Å². The zero-order valence-corrected chi connectivity index (χ0v) is 25.3. The Morgan fingerprint density at radius 1 is 1.07 bits per heavy atom. The largest absolute Gasteiger partial charge is 0.451 e. The monoisotopic (exact) mass is 623 g/mol. The molecule has 1 unspecified atom stereocenters. The lowest BCUT2D eigenvalue weighted by atomic mass is 9.88. The summed E-state index contributed by atoms with van der Waals surface area (Å²) in [5.41, 5.74) is 5.54. The highest BCUT2D eigenvalue weighted by atomic mass is 35.5. The van der Waals surface area contributed by atoms with E-state index in [9.17, 15) is 13.2 Å². The molecular weight excluding hydrogens is 591 g/mol. The van der Waals surface area contributed by atoms with Gasteiger partial charge in [0, 0.05) is 30.8 Å². The number of pyridine rings is 1. The molecule has 4 heterocycles. The lowest BCUT2D eigenvalue weighted by Gasteiger charge is -2.33. The standard InChI is InChI=1S/C33H33ClF3N5O2/c1-19-6-9-25(26(34)14-19)32(2)43-28-5-3-4-24(29(28)44-32)21-10-12-42(13-11-21)18-27-22(15-20-7-8-20)16-23(17-38-27)30-39-31(41-40-30)33(35,36)37/h3-6,9,14,16-17,20-21H,7-8,10-13,15,18H2,1-2H3,(H,39,40,41). The van der Waals surface area contributed by atoms with Crippen molar-refractivity contribution in [2.75, 3.05) is 13.1 Å². The number of alkyl halides is 3. The maximum absolute atomic E-state index is 13.1. The molecular formula is C33H33ClF3N5O2. The number of piperidine rings is 1. The van der Waals surface area contributed by atoms with Crippen molar-refractivity contribution in [3.8, 4) is 22.9 Å². The SMILES string of the molecule is Cc1ccc(C2(C)Oc3cccc(C4CCN(Cc5ncc(-c6n[nH]c(C(F)(F)F)n6)cc5CC5CC5)CC4)c3O2)c(Cl)c1. The third kappa shape index (κ3) is 5.77. The average Bonchev–Trinajstić information content (AvgIpc) is 3.50. The summed E-state index contributed by atoms with van der Waals surface area (Å²) in [6.07, 6.45) is 2.11. The first-order chi connectivity index (χ1) is 21.1. The van der Waals surface area contributed by atoms with E-state index in [0.29, 0.717) is 29.0 Å². The Kier molecular flexibility index (Phi) is 7.32. The first kappa shape index (κ1) is 29.1. The summed E-state index contributed by atoms with van der Waals surface area (Å²) in [4.78, 5) is 10.8. The normalized spacial score (nSPS) is 20.8. The van der Waals surface area contributed by atoms with Crippen molar-refractivity contribution in [1.29, 1.82) is 0 Å². The van der Waals surface area contributed by atoms with Crippen LogP contribution < -0.4 is 9.47 Å². The van der Waals surface area contributed by atoms with Gasteiger partial charge in [-0.25, -0.2) is 4.98 Å². The van der Waals surface area contributed by atoms with E-state index in [1.165, 1.54) is 0 Å². The van der Waals surface area contributed by atoms with Gasteiger partial charge < -0.3 is 9.47 Å². The molecule has 1 saturated carbocycles. The molecule has 0 amide bonds. The summed E-state index contributed by atoms with van der Waals surface area (Å²) in [5, 5.41) is 6.42. The number of hydrogen-bond acceptors (Lipinski definition) is 6. The first-order valence-corrected chi connectivity index (χ1v) is 15.4. The van der Waals surface area contributed by atoms with Gasteiger partial charge >= 0.3 is 6.18 Å². The minimum absolute atomic E-state index is 0.0107. The van der Waals surface area contributed by atoms with E-state index >= 15 is 0 Å². The number of halogens is 4. The molecule has 1 saturated heterocycles. The molecule has 230 valence electrons. The van der Waals surface area contributed by atoms with Gasteiger partial charge in [0.25, 0.3) is 5.79 Å². The second-order valence-electron chi connectivity index (χ2n) is 12.3. The first-order valence-electron chi connectivity index (χ1n) is 15.0. The van der Waals surface area contributed by atoms with Gasteiger partial charge in [0.1, 0.15) is 0 Å². The topological polar surface area (TPSA) is 76.2 Å². The van der Waals surface area contributed by atoms with Crippen LogP contribution in [0.3, 0.4) is 0 Å². The smallest absolute Gasteiger partial charge is 0.444 e. The number of hydrogen-bond donors (Lipinski definition) is 1. The van der Waals surface area contributed by atoms with Crippen molar-refractivity contribution < 1.29 is 22.6 Å². The van der Waals surface area contributed by atoms with Crippen LogP contribution in [0.25, 0.3) is 11.4 Å². The van der Waals surface area contributed by atoms with Crippen LogP contribution in [0.15, 0.2) is 48.7 Å². The van der Waals surface area contributed by atoms with Gasteiger partial charge in [-0.1, -0.05) is 29.8 Å². The van der Waals surface area contributed by atoms with Crippen LogP contribution in [0.1, 0.15) is 72.3 Å². The molecule has 0 radical (unpaired) electrons. The number of rotatable bonds is 7. The van der Waals surface area contributed by atoms with E-state index in [2.05, 4.69) is 21.0 Å². The maximum Gasteiger partial charge on any atom is 0.451 e. The molecule has 2 fully saturated rings. The van der Waals surface area contributed by atoms with Crippen molar-refractivity contribution >= 4 is 11.6 Å². The number of fused-ring (bicyclic) bond motifs is 1. The Labute approximate surface area is 258 Å². The molecule has 2 aromatic heterocycles. The summed E-state index contributed by atoms with van der Waals surface area (Å²) in [6.45, 7) is 6.37. The van der Waals surface area contributed by atoms with E-state index in [1.807, 2.05) is 55.3 Å². The summed E-state index contributed by atoms with van der Waals surface area (Å²) < 4.78 is 52.1. The molecule has 4 aromatic rings. The fraction of sp³-hybridized carbons (Fsp3) is 0.424. The summed E-state index contributed by atoms with van der Waals surface area (Å²) in [7, 11) is 0. The highest BCUT2D eigenvalue weighted by Crippen LogP contribution is 2.50. The van der Waals surface area contributed by atoms with E-state index in [1.54, 1.807) is 6.20 Å². The second-order valence-corrected chi connectivity index (χ2v) is 12.7. The minimum Gasteiger partial charge on any atom is -0.444 e. The number of aromatic nitrogens is 4. The number of nitrogens with one attached hydrogen (secondary N) is 1. The van der Waals surface area contributed by atoms with E-state index in [0.717, 1.165) is 84.6 Å². The zero-order chi connectivity index (χ0) is 30.6. The van der Waals surface area contributed by atoms with Gasteiger partial charge in [-0.05, 0) is 99.3 Å². The van der Waals surface area contributed by atoms with Gasteiger partial charge in [0.15, 0.2) is 17.3 Å². The van der Waals surface area contributed by atoms with Crippen LogP contribution in [0.2, 0.25) is 5.02 Å². The van der Waals surface area contributed by atoms with Gasteiger partial charge in [-0.2, -0.15) is 18.3 Å². The Morgan fingerprint density at radius 3 is 2.57 bits per heavy atom. The highest BCUT2D eigenvalue weighted by Gasteiger charge is 2.42. The molecule has 0 bridgehead atoms. The molecule has 3 aliphatic rings. The van der Waals surface area contributed by atoms with Gasteiger partial charge in [0.05, 0.1) is 16.3 Å². The van der Waals surface area contributed by atoms with E-state index in [-0.39, 0.29) is 5.82 Å². The van der Waals surface area contributed by atoms with E-state index in [4.69, 9.17) is 26.1 Å². The Morgan fingerprint density at radius 2 is 1.86 bits per heavy atom. The number of para-hydroxylation sites is 1. The van der Waals surface area contributed by atoms with E-state index < -0.39 is 17.8 Å². The number of H-pyrrole nitrogens is 1. The Hall–Kier alpha value is -3.63. The Bertz CT molecular complexity index is 1700. The number of ether oxygens (including phenoxy) is 2. The lowest BCUT2D eigenvalue weighted by Crippen LogP contribution is -2.33. The van der Waals surface area contributed by atoms with Crippen molar-refractivity contribution in [2.45, 2.75) is 70.4 Å². The van der Waals surface area contributed by atoms with Crippen LogP contribution in [0.5, 0.6) is 11.5 Å². The van der Waals surface area contributed by atoms with Crippen LogP contribution in [0, 0.1) is 12.8 Å². The molecule has 7 rings (SSSR count). The summed E-state index contributed by atoms with van der Waals surface area (Å²) in [5.74, 6) is 0.332. The van der Waals surface area contributed by atoms with Gasteiger partial charge in [-0.3, -0.25) is 15.0 Å². The quantitative estimate of drug-likeness (QED) is 0.226. The summed E-state index contributed by atoms with van der Waals surface area (Å²) >= 11 is 6.59. The molecule has 1 aliphatic carbocycles. The molecule has 7 nitrogen and oxygen atoms in total. The molecule has 1 atom stereocenters. The molecule has 1 N–H and O–H groups in total. The minimum atomic E-state index is -4.57. The molecule has 2 aromatic carbocycles. The van der Waals surface area contributed by atoms with Crippen molar-refractivity contribution in [1.82, 2.24) is 25.1 Å². The van der Waals surface area contributed by atoms with Crippen molar-refractivity contribution in [3.05, 3.63) is 87.5 Å². The Balaban J connectivity index is 1.05. The van der Waals surface area contributed by atoms with Gasteiger partial charge in [0.2, 0.25) is 5.82 Å². The van der Waals surface area contributed by atoms with Crippen molar-refractivity contribution in [2.24, 2.45) is 5.92 Å². The number of benzene rings is 2. The number of nitrogens with zero attached hydrogens (tertiary/aromatic N) is 4. The average molecular weight is 624 g/mol. The number of likely N-dealkylation sites (tertiary alicyclic amines) is 1. The maximum atomic E-state index is 13.1. The number of aromatic amines is 1.